The lowest BCUT2D eigenvalue weighted by Gasteiger charge is -2.44. The minimum atomic E-state index is -3.42. The molecule has 0 unspecified atom stereocenters. The van der Waals surface area contributed by atoms with Crippen molar-refractivity contribution in [3.63, 3.8) is 0 Å². The van der Waals surface area contributed by atoms with Gasteiger partial charge in [0, 0.05) is 17.9 Å². The summed E-state index contributed by atoms with van der Waals surface area (Å²) >= 11 is 0. The molecule has 2 aromatic rings. The number of aromatic carboxylic acids is 1. The number of carbonyl (C=O) groups is 2. The molecule has 0 aromatic heterocycles. The highest BCUT2D eigenvalue weighted by Gasteiger charge is 2.37. The summed E-state index contributed by atoms with van der Waals surface area (Å²) in [5, 5.41) is 9.13. The number of sulfonamides is 1. The highest BCUT2D eigenvalue weighted by atomic mass is 32.2. The number of hydrogen-bond donors (Lipinski definition) is 2. The number of amides is 1. The van der Waals surface area contributed by atoms with E-state index in [9.17, 15) is 18.0 Å². The van der Waals surface area contributed by atoms with Crippen molar-refractivity contribution in [1.29, 1.82) is 0 Å². The van der Waals surface area contributed by atoms with Crippen molar-refractivity contribution < 1.29 is 27.9 Å². The Morgan fingerprint density at radius 2 is 1.73 bits per heavy atom. The van der Waals surface area contributed by atoms with E-state index in [-0.39, 0.29) is 18.2 Å². The molecule has 1 amide bonds. The predicted molar refractivity (Wildman–Crippen MR) is 124 cm³/mol. The van der Waals surface area contributed by atoms with Crippen LogP contribution in [0.1, 0.15) is 28.8 Å². The van der Waals surface area contributed by atoms with E-state index in [0.717, 1.165) is 44.3 Å². The Balaban J connectivity index is 1.55. The number of rotatable bonds is 7. The Labute approximate surface area is 193 Å². The van der Waals surface area contributed by atoms with Crippen LogP contribution in [-0.4, -0.2) is 62.5 Å². The number of carboxylic acid groups (broad SMARTS) is 1. The van der Waals surface area contributed by atoms with Gasteiger partial charge in [-0.2, -0.15) is 0 Å². The third-order valence-electron chi connectivity index (χ3n) is 6.09. The average Bonchev–Trinajstić information content (AvgIpc) is 2.78. The van der Waals surface area contributed by atoms with Gasteiger partial charge in [-0.15, -0.1) is 0 Å². The maximum absolute atomic E-state index is 13.3. The van der Waals surface area contributed by atoms with Crippen molar-refractivity contribution in [3.8, 4) is 0 Å². The van der Waals surface area contributed by atoms with Crippen molar-refractivity contribution in [2.75, 3.05) is 35.5 Å². The monoisotopic (exact) mass is 473 g/mol. The average molecular weight is 474 g/mol. The summed E-state index contributed by atoms with van der Waals surface area (Å²) in [4.78, 5) is 28.2. The zero-order valence-electron chi connectivity index (χ0n) is 18.3. The molecule has 176 valence electrons. The molecule has 9 nitrogen and oxygen atoms in total. The molecular weight excluding hydrogens is 446 g/mol. The Morgan fingerprint density at radius 3 is 2.24 bits per heavy atom. The van der Waals surface area contributed by atoms with Gasteiger partial charge in [-0.05, 0) is 73.8 Å². The molecule has 3 saturated heterocycles. The van der Waals surface area contributed by atoms with Crippen LogP contribution >= 0.6 is 0 Å². The quantitative estimate of drug-likeness (QED) is 0.635. The summed E-state index contributed by atoms with van der Waals surface area (Å²) in [5.74, 6) is -0.661. The van der Waals surface area contributed by atoms with Crippen LogP contribution in [0.4, 0.5) is 16.2 Å². The van der Waals surface area contributed by atoms with Crippen molar-refractivity contribution in [1.82, 2.24) is 4.90 Å². The molecule has 2 N–H and O–H groups in total. The van der Waals surface area contributed by atoms with E-state index in [2.05, 4.69) is 9.62 Å². The van der Waals surface area contributed by atoms with E-state index >= 15 is 0 Å². The zero-order valence-corrected chi connectivity index (χ0v) is 19.1. The number of fused-ring (bicyclic) bond motifs is 3. The first-order valence-electron chi connectivity index (χ1n) is 10.8. The smallest absolute Gasteiger partial charge is 0.414 e. The molecule has 3 heterocycles. The maximum atomic E-state index is 13.3. The summed E-state index contributed by atoms with van der Waals surface area (Å²) in [5.41, 5.74) is 1.83. The molecule has 33 heavy (non-hydrogen) atoms. The first-order chi connectivity index (χ1) is 15.7. The van der Waals surface area contributed by atoms with Crippen LogP contribution in [0.25, 0.3) is 0 Å². The summed E-state index contributed by atoms with van der Waals surface area (Å²) in [6.45, 7) is 2.98. The van der Waals surface area contributed by atoms with Crippen LogP contribution in [0.3, 0.4) is 0 Å². The van der Waals surface area contributed by atoms with Crippen molar-refractivity contribution in [2.24, 2.45) is 5.92 Å². The largest absolute Gasteiger partial charge is 0.478 e. The highest BCUT2D eigenvalue weighted by molar-refractivity contribution is 7.92. The normalized spacial score (nSPS) is 21.9. The molecule has 0 saturated carbocycles. The number of hydrogen-bond acceptors (Lipinski definition) is 6. The van der Waals surface area contributed by atoms with E-state index in [1.165, 1.54) is 17.0 Å². The van der Waals surface area contributed by atoms with Crippen LogP contribution in [0.5, 0.6) is 0 Å². The van der Waals surface area contributed by atoms with Gasteiger partial charge >= 0.3 is 12.1 Å². The molecule has 3 fully saturated rings. The first-order valence-corrected chi connectivity index (χ1v) is 12.7. The van der Waals surface area contributed by atoms with Gasteiger partial charge in [-0.3, -0.25) is 14.5 Å². The maximum Gasteiger partial charge on any atom is 0.414 e. The second kappa shape index (κ2) is 9.40. The van der Waals surface area contributed by atoms with Gasteiger partial charge in [-0.25, -0.2) is 18.0 Å². The van der Waals surface area contributed by atoms with Gasteiger partial charge in [0.2, 0.25) is 10.0 Å². The number of piperidine rings is 3. The molecule has 2 aromatic carbocycles. The molecule has 10 heteroatoms. The Hall–Kier alpha value is -3.11. The van der Waals surface area contributed by atoms with Crippen LogP contribution in [0.2, 0.25) is 0 Å². The fraction of sp³-hybridized carbons (Fsp3) is 0.391. The summed E-state index contributed by atoms with van der Waals surface area (Å²) < 4.78 is 31.3. The lowest BCUT2D eigenvalue weighted by atomic mass is 9.86. The SMILES string of the molecule is CS(=O)(=O)Nc1ccc(N(Cc2ccc(C(=O)O)cc2)C(=O)O[C@H]2CN3CCC2CC3)cc1. The second-order valence-electron chi connectivity index (χ2n) is 8.57. The van der Waals surface area contributed by atoms with E-state index in [1.54, 1.807) is 36.4 Å². The first kappa shape index (κ1) is 23.1. The van der Waals surface area contributed by atoms with E-state index in [0.29, 0.717) is 17.3 Å². The van der Waals surface area contributed by atoms with E-state index < -0.39 is 22.1 Å². The zero-order chi connectivity index (χ0) is 23.6. The molecule has 2 bridgehead atoms. The second-order valence-corrected chi connectivity index (χ2v) is 10.3. The number of carboxylic acids is 1. The van der Waals surface area contributed by atoms with Gasteiger partial charge in [0.1, 0.15) is 6.10 Å². The van der Waals surface area contributed by atoms with Crippen molar-refractivity contribution in [3.05, 3.63) is 59.7 Å². The van der Waals surface area contributed by atoms with Gasteiger partial charge in [0.05, 0.1) is 18.4 Å². The predicted octanol–water partition coefficient (Wildman–Crippen LogP) is 2.99. The fourth-order valence-corrected chi connectivity index (χ4v) is 4.92. The molecule has 0 aliphatic carbocycles. The Morgan fingerprint density at radius 1 is 1.09 bits per heavy atom. The molecule has 5 rings (SSSR count). The van der Waals surface area contributed by atoms with E-state index in [1.807, 2.05) is 0 Å². The molecule has 0 spiro atoms. The van der Waals surface area contributed by atoms with Crippen molar-refractivity contribution in [2.45, 2.75) is 25.5 Å². The third-order valence-corrected chi connectivity index (χ3v) is 6.70. The topological polar surface area (TPSA) is 116 Å². The van der Waals surface area contributed by atoms with Gasteiger partial charge < -0.3 is 9.84 Å². The van der Waals surface area contributed by atoms with Crippen molar-refractivity contribution >= 4 is 33.5 Å². The summed E-state index contributed by atoms with van der Waals surface area (Å²) in [7, 11) is -3.42. The lowest BCUT2D eigenvalue weighted by molar-refractivity contribution is -0.0311. The number of carbonyl (C=O) groups excluding carboxylic acids is 1. The van der Waals surface area contributed by atoms with Crippen LogP contribution in [0, 0.1) is 5.92 Å². The molecule has 0 radical (unpaired) electrons. The third kappa shape index (κ3) is 5.82. The van der Waals surface area contributed by atoms with Gasteiger partial charge in [-0.1, -0.05) is 12.1 Å². The molecular formula is C23H27N3O6S. The lowest BCUT2D eigenvalue weighted by Crippen LogP contribution is -2.53. The summed E-state index contributed by atoms with van der Waals surface area (Å²) in [6, 6.07) is 12.8. The minimum Gasteiger partial charge on any atom is -0.478 e. The van der Waals surface area contributed by atoms with Crippen LogP contribution < -0.4 is 9.62 Å². The van der Waals surface area contributed by atoms with Crippen LogP contribution in [-0.2, 0) is 21.3 Å². The minimum absolute atomic E-state index is 0.163. The number of anilines is 2. The molecule has 3 aliphatic rings. The van der Waals surface area contributed by atoms with Gasteiger partial charge in [0.15, 0.2) is 0 Å². The molecule has 3 aliphatic heterocycles. The number of nitrogens with zero attached hydrogens (tertiary/aromatic N) is 2. The number of benzene rings is 2. The summed E-state index contributed by atoms with van der Waals surface area (Å²) in [6.07, 6.45) is 2.45. The Bertz CT molecular complexity index is 1110. The number of ether oxygens (including phenoxy) is 1. The molecule has 1 atom stereocenters. The van der Waals surface area contributed by atoms with Crippen LogP contribution in [0.15, 0.2) is 48.5 Å². The highest BCUT2D eigenvalue weighted by Crippen LogP contribution is 2.31. The van der Waals surface area contributed by atoms with Gasteiger partial charge in [0.25, 0.3) is 0 Å². The Kier molecular flexibility index (Phi) is 6.57. The standard InChI is InChI=1S/C23H27N3O6S/c1-33(30,31)24-19-6-8-20(9-7-19)26(14-16-2-4-18(5-3-16)22(27)28)23(29)32-21-15-25-12-10-17(21)11-13-25/h2-9,17,21,24H,10-15H2,1H3,(H,27,28)/t21-/m0/s1. The fourth-order valence-electron chi connectivity index (χ4n) is 4.36. The number of nitrogens with one attached hydrogen (secondary N) is 1. The van der Waals surface area contributed by atoms with E-state index in [4.69, 9.17) is 9.84 Å².